The molecule has 0 aliphatic heterocycles. The summed E-state index contributed by atoms with van der Waals surface area (Å²) < 4.78 is 0. The smallest absolute Gasteiger partial charge is 0.335 e. The lowest BCUT2D eigenvalue weighted by molar-refractivity contribution is -0.271. The summed E-state index contributed by atoms with van der Waals surface area (Å²) in [6, 6.07) is 19.3. The van der Waals surface area contributed by atoms with Gasteiger partial charge in [-0.1, -0.05) is 69.8 Å². The molecule has 0 spiro atoms. The summed E-state index contributed by atoms with van der Waals surface area (Å²) in [6.07, 6.45) is 0.0418. The number of rotatable bonds is 3. The van der Waals surface area contributed by atoms with Gasteiger partial charge in [0.2, 0.25) is 0 Å². The number of phenolic OH excluding ortho intramolecular Hbond substituents is 2. The summed E-state index contributed by atoms with van der Waals surface area (Å²) in [5.74, 6) is -3.09. The fraction of sp³-hybridized carbons (Fsp3) is 0.158. The Labute approximate surface area is 265 Å². The number of hydrogen-bond donors (Lipinski definition) is 4. The number of phenols is 2. The first-order valence-corrected chi connectivity index (χ1v) is 14.7. The second-order valence-corrected chi connectivity index (χ2v) is 12.0. The Hall–Kier alpha value is -5.76. The molecule has 0 heterocycles. The summed E-state index contributed by atoms with van der Waals surface area (Å²) >= 11 is 0. The van der Waals surface area contributed by atoms with Crippen LogP contribution in [0.15, 0.2) is 72.8 Å². The first kappa shape index (κ1) is 30.3. The molecule has 0 atom stereocenters. The largest absolute Gasteiger partial charge is 0.872 e. The molecule has 5 aromatic carbocycles. The predicted molar refractivity (Wildman–Crippen MR) is 168 cm³/mol. The van der Waals surface area contributed by atoms with Crippen LogP contribution in [0.25, 0.3) is 11.1 Å². The molecule has 1 aliphatic rings. The van der Waals surface area contributed by atoms with Crippen LogP contribution in [-0.2, 0) is 25.7 Å². The van der Waals surface area contributed by atoms with Gasteiger partial charge in [-0.3, -0.25) is 0 Å². The van der Waals surface area contributed by atoms with Gasteiger partial charge in [-0.05, 0) is 83.6 Å². The van der Waals surface area contributed by atoms with E-state index in [1.165, 1.54) is 24.3 Å². The van der Waals surface area contributed by atoms with Crippen LogP contribution in [0.5, 0.6) is 23.0 Å². The van der Waals surface area contributed by atoms with E-state index in [4.69, 9.17) is 0 Å². The predicted octanol–water partition coefficient (Wildman–Crippen LogP) is 5.60. The van der Waals surface area contributed by atoms with Gasteiger partial charge >= 0.3 is 11.9 Å². The molecule has 0 aromatic heterocycles. The first-order chi connectivity index (χ1) is 21.9. The monoisotopic (exact) mass is 614 g/mol. The minimum atomic E-state index is -1.22. The van der Waals surface area contributed by atoms with Crippen LogP contribution >= 0.6 is 0 Å². The van der Waals surface area contributed by atoms with Gasteiger partial charge in [0, 0.05) is 25.7 Å². The summed E-state index contributed by atoms with van der Waals surface area (Å²) in [6.45, 7) is 3.73. The number of benzene rings is 5. The molecule has 46 heavy (non-hydrogen) atoms. The Morgan fingerprint density at radius 2 is 0.848 bits per heavy atom. The van der Waals surface area contributed by atoms with Crippen LogP contribution < -0.4 is 10.2 Å². The number of carbonyl (C=O) groups is 2. The molecular weight excluding hydrogens is 584 g/mol. The van der Waals surface area contributed by atoms with Crippen molar-refractivity contribution in [2.24, 2.45) is 0 Å². The molecule has 0 saturated heterocycles. The van der Waals surface area contributed by atoms with Crippen molar-refractivity contribution in [3.05, 3.63) is 140 Å². The van der Waals surface area contributed by atoms with Crippen LogP contribution in [-0.4, -0.2) is 32.4 Å². The zero-order valence-electron chi connectivity index (χ0n) is 25.2. The third-order valence-electron chi connectivity index (χ3n) is 8.55. The average Bonchev–Trinajstić information content (AvgIpc) is 3.00. The Bertz CT molecular complexity index is 2060. The molecule has 8 heteroatoms. The normalized spacial score (nSPS) is 12.5. The van der Waals surface area contributed by atoms with Crippen molar-refractivity contribution in [3.63, 3.8) is 0 Å². The number of carboxylic acids is 2. The van der Waals surface area contributed by atoms with Gasteiger partial charge in [-0.15, -0.1) is 11.5 Å². The molecule has 0 amide bonds. The maximum atomic E-state index is 13.9. The third-order valence-corrected chi connectivity index (χ3v) is 8.55. The summed E-state index contributed by atoms with van der Waals surface area (Å²) in [5, 5.41) is 69.9. The van der Waals surface area contributed by atoms with Gasteiger partial charge in [0.25, 0.3) is 0 Å². The van der Waals surface area contributed by atoms with E-state index >= 15 is 0 Å². The lowest BCUT2D eigenvalue weighted by atomic mass is 9.88. The van der Waals surface area contributed by atoms with Crippen LogP contribution in [0.2, 0.25) is 0 Å². The number of aryl methyl sites for hydroxylation is 2. The van der Waals surface area contributed by atoms with Gasteiger partial charge < -0.3 is 30.6 Å². The fourth-order valence-electron chi connectivity index (χ4n) is 6.36. The highest BCUT2D eigenvalue weighted by atomic mass is 16.4. The SMILES string of the molecule is Cc1cc2c([O-])c(c1)Cc1cc(-c3ccc(C(=O)O)cc3)cc(c1O)Cc1cc(C(=O)O)cc(c1[O-])Cc1cc(C)cc(c1O)C2. The van der Waals surface area contributed by atoms with Gasteiger partial charge in [-0.25, -0.2) is 9.59 Å². The second-order valence-electron chi connectivity index (χ2n) is 12.0. The van der Waals surface area contributed by atoms with Crippen molar-refractivity contribution in [2.45, 2.75) is 39.5 Å². The van der Waals surface area contributed by atoms with Crippen molar-refractivity contribution in [3.8, 4) is 34.1 Å². The number of aromatic carboxylic acids is 2. The van der Waals surface area contributed by atoms with Gasteiger partial charge in [0.05, 0.1) is 11.1 Å². The minimum Gasteiger partial charge on any atom is -0.872 e. The molecule has 4 N–H and O–H groups in total. The third kappa shape index (κ3) is 5.73. The zero-order valence-corrected chi connectivity index (χ0v) is 25.2. The molecule has 0 unspecified atom stereocenters. The second kappa shape index (κ2) is 11.6. The van der Waals surface area contributed by atoms with Crippen molar-refractivity contribution in [2.75, 3.05) is 0 Å². The highest BCUT2D eigenvalue weighted by Crippen LogP contribution is 2.39. The van der Waals surface area contributed by atoms with E-state index in [0.717, 1.165) is 11.1 Å². The Morgan fingerprint density at radius 1 is 0.500 bits per heavy atom. The van der Waals surface area contributed by atoms with E-state index in [1.54, 1.807) is 48.5 Å². The standard InChI is InChI=1S/C38H32O8/c1-19-7-24-13-25-8-20(2)10-27(34(25)40)15-30-17-32(38(45)46)18-31(36(30)42)16-29-12-23(21-3-5-22(6-4-21)37(43)44)11-28(35(29)41)14-26(9-19)33(24)39/h3-12,17-18,39-42H,13-16H2,1-2H3,(H,43,44)(H,45,46)/p-2. The Balaban J connectivity index is 1.62. The van der Waals surface area contributed by atoms with Gasteiger partial charge in [-0.2, -0.15) is 0 Å². The lowest BCUT2D eigenvalue weighted by Crippen LogP contribution is -2.10. The molecule has 8 bridgehead atoms. The van der Waals surface area contributed by atoms with Crippen LogP contribution in [0.4, 0.5) is 0 Å². The Kier molecular flexibility index (Phi) is 7.65. The van der Waals surface area contributed by atoms with E-state index in [-0.39, 0.29) is 65.2 Å². The number of carboxylic acid groups (broad SMARTS) is 2. The van der Waals surface area contributed by atoms with Crippen LogP contribution in [0.1, 0.15) is 76.4 Å². The van der Waals surface area contributed by atoms with Crippen molar-refractivity contribution in [1.29, 1.82) is 0 Å². The summed E-state index contributed by atoms with van der Waals surface area (Å²) in [4.78, 5) is 23.6. The average molecular weight is 615 g/mol. The molecule has 0 radical (unpaired) electrons. The quantitative estimate of drug-likeness (QED) is 0.200. The van der Waals surface area contributed by atoms with Crippen molar-refractivity contribution < 1.29 is 40.2 Å². The van der Waals surface area contributed by atoms with Crippen molar-refractivity contribution >= 4 is 11.9 Å². The zero-order chi connectivity index (χ0) is 32.9. The molecule has 8 nitrogen and oxygen atoms in total. The topological polar surface area (TPSA) is 161 Å². The van der Waals surface area contributed by atoms with Crippen molar-refractivity contribution in [1.82, 2.24) is 0 Å². The highest BCUT2D eigenvalue weighted by molar-refractivity contribution is 5.89. The van der Waals surface area contributed by atoms with Crippen LogP contribution in [0, 0.1) is 13.8 Å². The molecule has 1 aliphatic carbocycles. The van der Waals surface area contributed by atoms with Crippen LogP contribution in [0.3, 0.4) is 0 Å². The molecule has 0 fully saturated rings. The molecule has 232 valence electrons. The minimum absolute atomic E-state index is 0.0377. The van der Waals surface area contributed by atoms with E-state index in [0.29, 0.717) is 44.5 Å². The maximum absolute atomic E-state index is 13.9. The van der Waals surface area contributed by atoms with E-state index in [1.807, 2.05) is 13.8 Å². The number of fused-ring (bicyclic) bond motifs is 8. The van der Waals surface area contributed by atoms with Gasteiger partial charge in [0.15, 0.2) is 0 Å². The number of aromatic hydroxyl groups is 2. The lowest BCUT2D eigenvalue weighted by Gasteiger charge is -2.25. The highest BCUT2D eigenvalue weighted by Gasteiger charge is 2.19. The van der Waals surface area contributed by atoms with E-state index in [2.05, 4.69) is 0 Å². The molecule has 5 aromatic rings. The fourth-order valence-corrected chi connectivity index (χ4v) is 6.36. The first-order valence-electron chi connectivity index (χ1n) is 14.7. The van der Waals surface area contributed by atoms with E-state index < -0.39 is 17.7 Å². The molecular formula is C38H30O8-2. The summed E-state index contributed by atoms with van der Waals surface area (Å²) in [7, 11) is 0. The van der Waals surface area contributed by atoms with Gasteiger partial charge in [0.1, 0.15) is 11.5 Å². The summed E-state index contributed by atoms with van der Waals surface area (Å²) in [5.41, 5.74) is 5.87. The molecule has 0 saturated carbocycles. The molecule has 6 rings (SSSR count). The number of hydrogen-bond acceptors (Lipinski definition) is 6. The van der Waals surface area contributed by atoms with E-state index in [9.17, 15) is 40.2 Å². The Morgan fingerprint density at radius 3 is 1.24 bits per heavy atom. The maximum Gasteiger partial charge on any atom is 0.335 e.